The number of methoxy groups -OCH3 is 1. The molecule has 0 amide bonds. The molecule has 0 aliphatic heterocycles. The molecule has 0 heterocycles. The zero-order valence-electron chi connectivity index (χ0n) is 11.0. The summed E-state index contributed by atoms with van der Waals surface area (Å²) < 4.78 is 5.15. The van der Waals surface area contributed by atoms with E-state index in [1.807, 2.05) is 12.1 Å². The van der Waals surface area contributed by atoms with E-state index in [0.717, 1.165) is 24.8 Å². The molecule has 1 aliphatic carbocycles. The van der Waals surface area contributed by atoms with Crippen LogP contribution in [-0.4, -0.2) is 19.0 Å². The van der Waals surface area contributed by atoms with E-state index in [0.29, 0.717) is 5.38 Å². The first-order chi connectivity index (χ1) is 8.78. The van der Waals surface area contributed by atoms with Crippen LogP contribution in [0.25, 0.3) is 0 Å². The number of halogens is 1. The third kappa shape index (κ3) is 4.18. The van der Waals surface area contributed by atoms with Crippen LogP contribution in [-0.2, 0) is 6.54 Å². The number of hydrogen-bond donors (Lipinski definition) is 1. The second kappa shape index (κ2) is 7.01. The van der Waals surface area contributed by atoms with Gasteiger partial charge in [-0.05, 0) is 55.8 Å². The standard InChI is InChI=1S/C15H22ClNO/c1-18-15-8-4-13(5-9-15)11-17-10-12-2-6-14(16)7-3-12/h4-5,8-9,12,14,17H,2-3,6-7,10-11H2,1H3. The van der Waals surface area contributed by atoms with Gasteiger partial charge in [0.1, 0.15) is 5.75 Å². The van der Waals surface area contributed by atoms with Crippen LogP contribution in [0, 0.1) is 5.92 Å². The third-order valence-electron chi connectivity index (χ3n) is 3.70. The zero-order chi connectivity index (χ0) is 12.8. The molecule has 0 aromatic heterocycles. The Morgan fingerprint density at radius 1 is 1.17 bits per heavy atom. The molecule has 1 fully saturated rings. The molecule has 2 nitrogen and oxygen atoms in total. The van der Waals surface area contributed by atoms with Gasteiger partial charge in [-0.3, -0.25) is 0 Å². The maximum Gasteiger partial charge on any atom is 0.118 e. The summed E-state index contributed by atoms with van der Waals surface area (Å²) in [6.45, 7) is 2.04. The number of benzene rings is 1. The van der Waals surface area contributed by atoms with E-state index < -0.39 is 0 Å². The van der Waals surface area contributed by atoms with Crippen molar-refractivity contribution < 1.29 is 4.74 Å². The maximum atomic E-state index is 6.11. The van der Waals surface area contributed by atoms with Crippen molar-refractivity contribution >= 4 is 11.6 Å². The Morgan fingerprint density at radius 2 is 1.83 bits per heavy atom. The normalized spacial score (nSPS) is 23.9. The summed E-state index contributed by atoms with van der Waals surface area (Å²) in [4.78, 5) is 0. The van der Waals surface area contributed by atoms with Gasteiger partial charge in [0.15, 0.2) is 0 Å². The third-order valence-corrected chi connectivity index (χ3v) is 4.13. The lowest BCUT2D eigenvalue weighted by atomic mass is 9.89. The monoisotopic (exact) mass is 267 g/mol. The minimum absolute atomic E-state index is 0.419. The molecule has 0 atom stereocenters. The van der Waals surface area contributed by atoms with E-state index >= 15 is 0 Å². The topological polar surface area (TPSA) is 21.3 Å². The molecule has 0 unspecified atom stereocenters. The first-order valence-corrected chi connectivity index (χ1v) is 7.19. The second-order valence-corrected chi connectivity index (χ2v) is 5.71. The molecule has 0 spiro atoms. The molecule has 0 saturated heterocycles. The van der Waals surface area contributed by atoms with E-state index in [2.05, 4.69) is 17.4 Å². The van der Waals surface area contributed by atoms with Gasteiger partial charge in [-0.1, -0.05) is 12.1 Å². The molecule has 0 bridgehead atoms. The van der Waals surface area contributed by atoms with Gasteiger partial charge in [0.2, 0.25) is 0 Å². The predicted octanol–water partition coefficient (Wildman–Crippen LogP) is 3.58. The van der Waals surface area contributed by atoms with Crippen molar-refractivity contribution in [3.63, 3.8) is 0 Å². The Hall–Kier alpha value is -0.730. The van der Waals surface area contributed by atoms with Crippen molar-refractivity contribution in [2.75, 3.05) is 13.7 Å². The molecular weight excluding hydrogens is 246 g/mol. The molecule has 1 N–H and O–H groups in total. The van der Waals surface area contributed by atoms with Crippen molar-refractivity contribution in [1.82, 2.24) is 5.32 Å². The van der Waals surface area contributed by atoms with Crippen LogP contribution in [0.3, 0.4) is 0 Å². The van der Waals surface area contributed by atoms with Crippen LogP contribution in [0.5, 0.6) is 5.75 Å². The van der Waals surface area contributed by atoms with Gasteiger partial charge in [0.25, 0.3) is 0 Å². The van der Waals surface area contributed by atoms with Crippen molar-refractivity contribution in [3.8, 4) is 5.75 Å². The van der Waals surface area contributed by atoms with Crippen LogP contribution in [0.4, 0.5) is 0 Å². The quantitative estimate of drug-likeness (QED) is 0.824. The van der Waals surface area contributed by atoms with Gasteiger partial charge in [-0.25, -0.2) is 0 Å². The fraction of sp³-hybridized carbons (Fsp3) is 0.600. The Kier molecular flexibility index (Phi) is 5.33. The van der Waals surface area contributed by atoms with Crippen molar-refractivity contribution in [1.29, 1.82) is 0 Å². The van der Waals surface area contributed by atoms with Gasteiger partial charge >= 0.3 is 0 Å². The van der Waals surface area contributed by atoms with Gasteiger partial charge in [0.05, 0.1) is 7.11 Å². The van der Waals surface area contributed by atoms with Crippen molar-refractivity contribution in [2.24, 2.45) is 5.92 Å². The number of nitrogens with one attached hydrogen (secondary N) is 1. The van der Waals surface area contributed by atoms with Crippen LogP contribution in [0.2, 0.25) is 0 Å². The predicted molar refractivity (Wildman–Crippen MR) is 76.3 cm³/mol. The molecular formula is C15H22ClNO. The molecule has 100 valence electrons. The molecule has 1 aliphatic rings. The average Bonchev–Trinajstić information content (AvgIpc) is 2.42. The van der Waals surface area contributed by atoms with E-state index in [4.69, 9.17) is 16.3 Å². The summed E-state index contributed by atoms with van der Waals surface area (Å²) in [5.41, 5.74) is 1.31. The number of hydrogen-bond acceptors (Lipinski definition) is 2. The highest BCUT2D eigenvalue weighted by molar-refractivity contribution is 6.20. The number of alkyl halides is 1. The lowest BCUT2D eigenvalue weighted by Crippen LogP contribution is -2.26. The Morgan fingerprint density at radius 3 is 2.44 bits per heavy atom. The molecule has 2 rings (SSSR count). The Balaban J connectivity index is 1.68. The Bertz CT molecular complexity index is 344. The molecule has 0 radical (unpaired) electrons. The van der Waals surface area contributed by atoms with Crippen molar-refractivity contribution in [3.05, 3.63) is 29.8 Å². The lowest BCUT2D eigenvalue weighted by Gasteiger charge is -2.25. The van der Waals surface area contributed by atoms with Gasteiger partial charge < -0.3 is 10.1 Å². The van der Waals surface area contributed by atoms with E-state index in [1.165, 1.54) is 31.2 Å². The number of ether oxygens (including phenoxy) is 1. The van der Waals surface area contributed by atoms with Gasteiger partial charge in [0, 0.05) is 11.9 Å². The number of rotatable bonds is 5. The van der Waals surface area contributed by atoms with E-state index in [9.17, 15) is 0 Å². The SMILES string of the molecule is COc1ccc(CNCC2CCC(Cl)CC2)cc1. The average molecular weight is 268 g/mol. The highest BCUT2D eigenvalue weighted by atomic mass is 35.5. The summed E-state index contributed by atoms with van der Waals surface area (Å²) in [5, 5.41) is 3.96. The van der Waals surface area contributed by atoms with Crippen LogP contribution in [0.1, 0.15) is 31.2 Å². The molecule has 1 aromatic carbocycles. The summed E-state index contributed by atoms with van der Waals surface area (Å²) in [7, 11) is 1.69. The molecule has 1 aromatic rings. The van der Waals surface area contributed by atoms with Gasteiger partial charge in [-0.15, -0.1) is 11.6 Å². The maximum absolute atomic E-state index is 6.11. The van der Waals surface area contributed by atoms with Crippen LogP contribution in [0.15, 0.2) is 24.3 Å². The van der Waals surface area contributed by atoms with Crippen LogP contribution < -0.4 is 10.1 Å². The minimum Gasteiger partial charge on any atom is -0.497 e. The van der Waals surface area contributed by atoms with Gasteiger partial charge in [-0.2, -0.15) is 0 Å². The summed E-state index contributed by atoms with van der Waals surface area (Å²) in [5.74, 6) is 1.72. The fourth-order valence-electron chi connectivity index (χ4n) is 2.49. The van der Waals surface area contributed by atoms with Crippen LogP contribution >= 0.6 is 11.6 Å². The smallest absolute Gasteiger partial charge is 0.118 e. The van der Waals surface area contributed by atoms with Crippen molar-refractivity contribution in [2.45, 2.75) is 37.6 Å². The highest BCUT2D eigenvalue weighted by Gasteiger charge is 2.18. The second-order valence-electron chi connectivity index (χ2n) is 5.10. The molecule has 1 saturated carbocycles. The molecule has 18 heavy (non-hydrogen) atoms. The zero-order valence-corrected chi connectivity index (χ0v) is 11.7. The molecule has 3 heteroatoms. The van der Waals surface area contributed by atoms with E-state index in [1.54, 1.807) is 7.11 Å². The summed E-state index contributed by atoms with van der Waals surface area (Å²) in [6.07, 6.45) is 4.89. The first kappa shape index (κ1) is 13.7. The largest absolute Gasteiger partial charge is 0.497 e. The first-order valence-electron chi connectivity index (χ1n) is 6.75. The summed E-state index contributed by atoms with van der Waals surface area (Å²) in [6, 6.07) is 8.24. The Labute approximate surface area is 115 Å². The fourth-order valence-corrected chi connectivity index (χ4v) is 2.74. The highest BCUT2D eigenvalue weighted by Crippen LogP contribution is 2.27. The summed E-state index contributed by atoms with van der Waals surface area (Å²) >= 11 is 6.11. The minimum atomic E-state index is 0.419. The lowest BCUT2D eigenvalue weighted by molar-refractivity contribution is 0.345. The van der Waals surface area contributed by atoms with E-state index in [-0.39, 0.29) is 0 Å².